The van der Waals surface area contributed by atoms with Gasteiger partial charge >= 0.3 is 0 Å². The van der Waals surface area contributed by atoms with Gasteiger partial charge in [0.05, 0.1) is 22.9 Å². The number of benzene rings is 1. The Morgan fingerprint density at radius 3 is 2.48 bits per heavy atom. The Labute approximate surface area is 121 Å². The van der Waals surface area contributed by atoms with Crippen LogP contribution in [0.4, 0.5) is 11.4 Å². The van der Waals surface area contributed by atoms with E-state index in [1.165, 1.54) is 16.8 Å². The molecule has 0 spiro atoms. The Bertz CT molecular complexity index is 765. The maximum atomic E-state index is 11.1. The Morgan fingerprint density at radius 2 is 1.95 bits per heavy atom. The Morgan fingerprint density at radius 1 is 1.33 bits per heavy atom. The minimum atomic E-state index is -3.08. The second-order valence-corrected chi connectivity index (χ2v) is 6.89. The standard InChI is InChI=1S/C12H14N4O4S/c1-21(19,20)7-6-15-8-11(13)12(14-15)9-2-4-10(5-3-9)16(17)18/h2-5,8H,6-7,13H2,1H3. The molecule has 0 aliphatic rings. The molecular weight excluding hydrogens is 296 g/mol. The smallest absolute Gasteiger partial charge is 0.269 e. The number of rotatable bonds is 5. The van der Waals surface area contributed by atoms with Gasteiger partial charge in [0.2, 0.25) is 0 Å². The molecule has 0 fully saturated rings. The summed E-state index contributed by atoms with van der Waals surface area (Å²) >= 11 is 0. The lowest BCUT2D eigenvalue weighted by Crippen LogP contribution is -2.11. The summed E-state index contributed by atoms with van der Waals surface area (Å²) in [5, 5.41) is 14.8. The van der Waals surface area contributed by atoms with Crippen molar-refractivity contribution >= 4 is 21.2 Å². The number of anilines is 1. The number of non-ortho nitro benzene ring substituents is 1. The van der Waals surface area contributed by atoms with Crippen molar-refractivity contribution in [3.8, 4) is 11.3 Å². The second-order valence-electron chi connectivity index (χ2n) is 4.63. The first-order valence-electron chi connectivity index (χ1n) is 6.02. The van der Waals surface area contributed by atoms with Gasteiger partial charge in [0.25, 0.3) is 5.69 Å². The number of hydrogen-bond acceptors (Lipinski definition) is 6. The predicted molar refractivity (Wildman–Crippen MR) is 78.4 cm³/mol. The van der Waals surface area contributed by atoms with Crippen molar-refractivity contribution in [2.24, 2.45) is 0 Å². The number of nitrogens with zero attached hydrogens (tertiary/aromatic N) is 3. The van der Waals surface area contributed by atoms with Crippen LogP contribution in [0.15, 0.2) is 30.5 Å². The van der Waals surface area contributed by atoms with Crippen molar-refractivity contribution in [1.82, 2.24) is 9.78 Å². The summed E-state index contributed by atoms with van der Waals surface area (Å²) in [6.45, 7) is 0.204. The van der Waals surface area contributed by atoms with Gasteiger partial charge in [-0.05, 0) is 12.1 Å². The Balaban J connectivity index is 2.24. The number of aryl methyl sites for hydroxylation is 1. The minimum Gasteiger partial charge on any atom is -0.396 e. The van der Waals surface area contributed by atoms with E-state index in [4.69, 9.17) is 5.73 Å². The van der Waals surface area contributed by atoms with E-state index in [1.807, 2.05) is 0 Å². The van der Waals surface area contributed by atoms with Gasteiger partial charge in [-0.15, -0.1) is 0 Å². The van der Waals surface area contributed by atoms with Crippen molar-refractivity contribution in [3.05, 3.63) is 40.6 Å². The molecule has 0 unspecified atom stereocenters. The summed E-state index contributed by atoms with van der Waals surface area (Å²) in [5.74, 6) is -0.0339. The average molecular weight is 310 g/mol. The Hall–Kier alpha value is -2.42. The maximum Gasteiger partial charge on any atom is 0.269 e. The highest BCUT2D eigenvalue weighted by Gasteiger charge is 2.12. The molecule has 0 atom stereocenters. The Kier molecular flexibility index (Phi) is 3.94. The third-order valence-electron chi connectivity index (χ3n) is 2.83. The maximum absolute atomic E-state index is 11.1. The first-order chi connectivity index (χ1) is 9.76. The quantitative estimate of drug-likeness (QED) is 0.651. The highest BCUT2D eigenvalue weighted by Crippen LogP contribution is 2.25. The molecule has 0 saturated carbocycles. The van der Waals surface area contributed by atoms with Crippen LogP contribution in [0.1, 0.15) is 0 Å². The molecule has 1 aromatic heterocycles. The number of nitro groups is 1. The SMILES string of the molecule is CS(=O)(=O)CCn1cc(N)c(-c2ccc([N+](=O)[O-])cc2)n1. The van der Waals surface area contributed by atoms with Crippen LogP contribution in [-0.2, 0) is 16.4 Å². The molecule has 0 aliphatic carbocycles. The lowest BCUT2D eigenvalue weighted by Gasteiger charge is -2.00. The molecule has 2 rings (SSSR count). The third-order valence-corrected chi connectivity index (χ3v) is 3.76. The second kappa shape index (κ2) is 5.52. The third kappa shape index (κ3) is 3.78. The van der Waals surface area contributed by atoms with Gasteiger partial charge in [-0.1, -0.05) is 0 Å². The van der Waals surface area contributed by atoms with E-state index in [0.717, 1.165) is 6.26 Å². The van der Waals surface area contributed by atoms with Crippen molar-refractivity contribution in [1.29, 1.82) is 0 Å². The van der Waals surface area contributed by atoms with E-state index >= 15 is 0 Å². The van der Waals surface area contributed by atoms with Crippen LogP contribution < -0.4 is 5.73 Å². The van der Waals surface area contributed by atoms with E-state index in [0.29, 0.717) is 16.9 Å². The van der Waals surface area contributed by atoms with Gasteiger partial charge in [0.15, 0.2) is 0 Å². The normalized spacial score (nSPS) is 11.5. The van der Waals surface area contributed by atoms with Gasteiger partial charge in [0.1, 0.15) is 15.5 Å². The molecule has 21 heavy (non-hydrogen) atoms. The van der Waals surface area contributed by atoms with Gasteiger partial charge < -0.3 is 5.73 Å². The molecule has 112 valence electrons. The van der Waals surface area contributed by atoms with Crippen molar-refractivity contribution in [2.75, 3.05) is 17.7 Å². The van der Waals surface area contributed by atoms with Crippen LogP contribution >= 0.6 is 0 Å². The first-order valence-corrected chi connectivity index (χ1v) is 8.08. The molecule has 1 aromatic carbocycles. The molecule has 0 amide bonds. The fourth-order valence-electron chi connectivity index (χ4n) is 1.78. The largest absolute Gasteiger partial charge is 0.396 e. The van der Waals surface area contributed by atoms with Crippen LogP contribution in [0, 0.1) is 10.1 Å². The van der Waals surface area contributed by atoms with Crippen LogP contribution in [0.2, 0.25) is 0 Å². The lowest BCUT2D eigenvalue weighted by atomic mass is 10.1. The van der Waals surface area contributed by atoms with Crippen LogP contribution in [0.25, 0.3) is 11.3 Å². The van der Waals surface area contributed by atoms with E-state index < -0.39 is 14.8 Å². The first kappa shape index (κ1) is 15.0. The van der Waals surface area contributed by atoms with Crippen molar-refractivity contribution < 1.29 is 13.3 Å². The average Bonchev–Trinajstić information content (AvgIpc) is 2.77. The molecule has 2 N–H and O–H groups in total. The van der Waals surface area contributed by atoms with Crippen LogP contribution in [0.3, 0.4) is 0 Å². The number of hydrogen-bond donors (Lipinski definition) is 1. The van der Waals surface area contributed by atoms with Gasteiger partial charge in [0, 0.05) is 30.1 Å². The van der Waals surface area contributed by atoms with Crippen LogP contribution in [-0.4, -0.2) is 35.1 Å². The molecule has 9 heteroatoms. The van der Waals surface area contributed by atoms with Crippen molar-refractivity contribution in [2.45, 2.75) is 6.54 Å². The summed E-state index contributed by atoms with van der Waals surface area (Å²) in [4.78, 5) is 10.1. The summed E-state index contributed by atoms with van der Waals surface area (Å²) in [6.07, 6.45) is 2.69. The topological polar surface area (TPSA) is 121 Å². The summed E-state index contributed by atoms with van der Waals surface area (Å²) < 4.78 is 23.7. The molecule has 0 radical (unpaired) electrons. The lowest BCUT2D eigenvalue weighted by molar-refractivity contribution is -0.384. The van der Waals surface area contributed by atoms with Crippen molar-refractivity contribution in [3.63, 3.8) is 0 Å². The van der Waals surface area contributed by atoms with Gasteiger partial charge in [-0.3, -0.25) is 14.8 Å². The number of nitro benzene ring substituents is 1. The predicted octanol–water partition coefficient (Wildman–Crippen LogP) is 1.09. The van der Waals surface area contributed by atoms with E-state index in [-0.39, 0.29) is 18.0 Å². The fourth-order valence-corrected chi connectivity index (χ4v) is 2.29. The summed E-state index contributed by atoms with van der Waals surface area (Å²) in [7, 11) is -3.08. The highest BCUT2D eigenvalue weighted by atomic mass is 32.2. The number of nitrogens with two attached hydrogens (primary N) is 1. The zero-order chi connectivity index (χ0) is 15.6. The van der Waals surface area contributed by atoms with Gasteiger partial charge in [-0.2, -0.15) is 5.10 Å². The van der Waals surface area contributed by atoms with Crippen LogP contribution in [0.5, 0.6) is 0 Å². The summed E-state index contributed by atoms with van der Waals surface area (Å²) in [5.41, 5.74) is 7.32. The molecule has 0 saturated heterocycles. The van der Waals surface area contributed by atoms with E-state index in [9.17, 15) is 18.5 Å². The molecule has 0 aliphatic heterocycles. The molecule has 8 nitrogen and oxygen atoms in total. The zero-order valence-corrected chi connectivity index (χ0v) is 12.1. The number of nitrogen functional groups attached to an aromatic ring is 1. The molecule has 0 bridgehead atoms. The fraction of sp³-hybridized carbons (Fsp3) is 0.250. The van der Waals surface area contributed by atoms with Gasteiger partial charge in [-0.25, -0.2) is 8.42 Å². The summed E-state index contributed by atoms with van der Waals surface area (Å²) in [6, 6.07) is 5.84. The van der Waals surface area contributed by atoms with E-state index in [2.05, 4.69) is 5.10 Å². The van der Waals surface area contributed by atoms with E-state index in [1.54, 1.807) is 18.3 Å². The monoisotopic (exact) mass is 310 g/mol. The molecule has 1 heterocycles. The highest BCUT2D eigenvalue weighted by molar-refractivity contribution is 7.90. The number of aromatic nitrogens is 2. The number of sulfone groups is 1. The molecule has 2 aromatic rings. The minimum absolute atomic E-state index is 0.0196. The zero-order valence-electron chi connectivity index (χ0n) is 11.3. The molecular formula is C12H14N4O4S.